The van der Waals surface area contributed by atoms with Crippen molar-refractivity contribution in [1.82, 2.24) is 0 Å². The Bertz CT molecular complexity index is 323. The molecule has 1 unspecified atom stereocenters. The van der Waals surface area contributed by atoms with Gasteiger partial charge in [-0.3, -0.25) is 0 Å². The van der Waals surface area contributed by atoms with Gasteiger partial charge >= 0.3 is 0 Å². The quantitative estimate of drug-likeness (QED) is 0.778. The third kappa shape index (κ3) is 2.76. The topological polar surface area (TPSA) is 35.2 Å². The van der Waals surface area contributed by atoms with Crippen molar-refractivity contribution in [2.45, 2.75) is 13.0 Å². The van der Waals surface area contributed by atoms with Gasteiger partial charge in [-0.15, -0.1) is 0 Å². The van der Waals surface area contributed by atoms with Crippen molar-refractivity contribution < 1.29 is 4.74 Å². The van der Waals surface area contributed by atoms with Crippen LogP contribution in [0.2, 0.25) is 5.02 Å². The van der Waals surface area contributed by atoms with Crippen LogP contribution in [-0.2, 0) is 0 Å². The molecular weight excluding hydrogens is 198 g/mol. The number of nitrogens with two attached hydrogens (primary N) is 1. The summed E-state index contributed by atoms with van der Waals surface area (Å²) in [5, 5.41) is 0.585. The van der Waals surface area contributed by atoms with E-state index in [2.05, 4.69) is 6.58 Å². The lowest BCUT2D eigenvalue weighted by molar-refractivity contribution is 0.363. The maximum Gasteiger partial charge on any atom is 0.138 e. The van der Waals surface area contributed by atoms with Gasteiger partial charge in [0.25, 0.3) is 0 Å². The van der Waals surface area contributed by atoms with Gasteiger partial charge in [0.05, 0.1) is 5.02 Å². The molecule has 2 nitrogen and oxygen atoms in total. The van der Waals surface area contributed by atoms with Crippen molar-refractivity contribution in [3.05, 3.63) is 41.4 Å². The Morgan fingerprint density at radius 2 is 2.36 bits per heavy atom. The Kier molecular flexibility index (Phi) is 3.98. The van der Waals surface area contributed by atoms with E-state index in [-0.39, 0.29) is 6.04 Å². The van der Waals surface area contributed by atoms with E-state index in [4.69, 9.17) is 22.1 Å². The van der Waals surface area contributed by atoms with E-state index in [1.54, 1.807) is 6.08 Å². The van der Waals surface area contributed by atoms with E-state index >= 15 is 0 Å². The summed E-state index contributed by atoms with van der Waals surface area (Å²) in [4.78, 5) is 0. The molecule has 1 rings (SSSR count). The van der Waals surface area contributed by atoms with E-state index in [1.165, 1.54) is 0 Å². The van der Waals surface area contributed by atoms with Gasteiger partial charge in [-0.05, 0) is 24.6 Å². The third-order valence-corrected chi connectivity index (χ3v) is 2.13. The van der Waals surface area contributed by atoms with E-state index in [1.807, 2.05) is 25.1 Å². The Morgan fingerprint density at radius 3 is 2.86 bits per heavy atom. The fourth-order valence-electron chi connectivity index (χ4n) is 1.07. The predicted molar refractivity (Wildman–Crippen MR) is 59.7 cm³/mol. The van der Waals surface area contributed by atoms with Crippen LogP contribution in [0.25, 0.3) is 0 Å². The second-order valence-electron chi connectivity index (χ2n) is 3.08. The van der Waals surface area contributed by atoms with Crippen LogP contribution in [0.5, 0.6) is 5.75 Å². The van der Waals surface area contributed by atoms with Crippen LogP contribution in [0.4, 0.5) is 0 Å². The van der Waals surface area contributed by atoms with Crippen molar-refractivity contribution in [2.24, 2.45) is 5.73 Å². The first-order valence-corrected chi connectivity index (χ1v) is 4.81. The maximum atomic E-state index is 5.99. The minimum atomic E-state index is -0.0130. The number of ether oxygens (including phenoxy) is 1. The lowest BCUT2D eigenvalue weighted by Gasteiger charge is -2.09. The Balaban J connectivity index is 2.84. The second-order valence-corrected chi connectivity index (χ2v) is 3.49. The molecule has 0 spiro atoms. The molecule has 0 saturated heterocycles. The predicted octanol–water partition coefficient (Wildman–Crippen LogP) is 2.92. The monoisotopic (exact) mass is 211 g/mol. The summed E-state index contributed by atoms with van der Waals surface area (Å²) in [6.07, 6.45) is 1.68. The van der Waals surface area contributed by atoms with Gasteiger partial charge in [0.2, 0.25) is 0 Å². The molecule has 0 aliphatic carbocycles. The summed E-state index contributed by atoms with van der Waals surface area (Å²) < 4.78 is 5.33. The van der Waals surface area contributed by atoms with Crippen LogP contribution in [-0.4, -0.2) is 6.61 Å². The molecule has 14 heavy (non-hydrogen) atoms. The highest BCUT2D eigenvalue weighted by atomic mass is 35.5. The SMILES string of the molecule is C=CCOc1ccc(C(C)N)cc1Cl. The van der Waals surface area contributed by atoms with E-state index in [0.717, 1.165) is 5.56 Å². The molecule has 0 radical (unpaired) electrons. The van der Waals surface area contributed by atoms with Gasteiger partial charge in [0.15, 0.2) is 0 Å². The third-order valence-electron chi connectivity index (χ3n) is 1.84. The molecule has 0 aliphatic rings. The van der Waals surface area contributed by atoms with Crippen LogP contribution in [0.15, 0.2) is 30.9 Å². The van der Waals surface area contributed by atoms with E-state index in [0.29, 0.717) is 17.4 Å². The van der Waals surface area contributed by atoms with Crippen molar-refractivity contribution in [3.8, 4) is 5.75 Å². The highest BCUT2D eigenvalue weighted by molar-refractivity contribution is 6.32. The Labute approximate surface area is 89.3 Å². The fourth-order valence-corrected chi connectivity index (χ4v) is 1.31. The van der Waals surface area contributed by atoms with Gasteiger partial charge in [0.1, 0.15) is 12.4 Å². The summed E-state index contributed by atoms with van der Waals surface area (Å²) in [6, 6.07) is 5.55. The van der Waals surface area contributed by atoms with Crippen molar-refractivity contribution in [3.63, 3.8) is 0 Å². The van der Waals surface area contributed by atoms with Crippen LogP contribution >= 0.6 is 11.6 Å². The van der Waals surface area contributed by atoms with Gasteiger partial charge in [-0.2, -0.15) is 0 Å². The molecule has 0 aliphatic heterocycles. The van der Waals surface area contributed by atoms with E-state index in [9.17, 15) is 0 Å². The highest BCUT2D eigenvalue weighted by Crippen LogP contribution is 2.27. The minimum Gasteiger partial charge on any atom is -0.488 e. The molecule has 0 amide bonds. The zero-order chi connectivity index (χ0) is 10.6. The fraction of sp³-hybridized carbons (Fsp3) is 0.273. The molecule has 1 atom stereocenters. The first-order chi connectivity index (χ1) is 6.65. The van der Waals surface area contributed by atoms with Gasteiger partial charge in [-0.1, -0.05) is 30.3 Å². The van der Waals surface area contributed by atoms with E-state index < -0.39 is 0 Å². The maximum absolute atomic E-state index is 5.99. The molecule has 0 bridgehead atoms. The van der Waals surface area contributed by atoms with Gasteiger partial charge in [-0.25, -0.2) is 0 Å². The second kappa shape index (κ2) is 5.03. The number of benzene rings is 1. The Morgan fingerprint density at radius 1 is 1.64 bits per heavy atom. The van der Waals surface area contributed by atoms with Gasteiger partial charge in [0, 0.05) is 6.04 Å². The van der Waals surface area contributed by atoms with Crippen molar-refractivity contribution in [2.75, 3.05) is 6.61 Å². The largest absolute Gasteiger partial charge is 0.488 e. The molecule has 0 heterocycles. The lowest BCUT2D eigenvalue weighted by atomic mass is 10.1. The first-order valence-electron chi connectivity index (χ1n) is 4.44. The summed E-state index contributed by atoms with van der Waals surface area (Å²) >= 11 is 5.99. The molecule has 3 heteroatoms. The Hall–Kier alpha value is -0.990. The van der Waals surface area contributed by atoms with Crippen molar-refractivity contribution >= 4 is 11.6 Å². The number of hydrogen-bond donors (Lipinski definition) is 1. The minimum absolute atomic E-state index is 0.0130. The molecule has 1 aromatic carbocycles. The molecule has 2 N–H and O–H groups in total. The molecule has 1 aromatic rings. The lowest BCUT2D eigenvalue weighted by Crippen LogP contribution is -2.05. The summed E-state index contributed by atoms with van der Waals surface area (Å²) in [7, 11) is 0. The normalized spacial score (nSPS) is 12.2. The smallest absolute Gasteiger partial charge is 0.138 e. The van der Waals surface area contributed by atoms with Crippen LogP contribution < -0.4 is 10.5 Å². The molecule has 0 fully saturated rings. The summed E-state index contributed by atoms with van der Waals surface area (Å²) in [5.41, 5.74) is 6.72. The van der Waals surface area contributed by atoms with Crippen LogP contribution in [0.1, 0.15) is 18.5 Å². The highest BCUT2D eigenvalue weighted by Gasteiger charge is 2.04. The molecule has 0 saturated carbocycles. The zero-order valence-corrected chi connectivity index (χ0v) is 8.92. The van der Waals surface area contributed by atoms with Gasteiger partial charge < -0.3 is 10.5 Å². The zero-order valence-electron chi connectivity index (χ0n) is 8.16. The molecule has 0 aromatic heterocycles. The average Bonchev–Trinajstić information content (AvgIpc) is 2.15. The first kappa shape index (κ1) is 11.1. The summed E-state index contributed by atoms with van der Waals surface area (Å²) in [6.45, 7) is 5.93. The summed E-state index contributed by atoms with van der Waals surface area (Å²) in [5.74, 6) is 0.663. The molecular formula is C11H14ClNO. The average molecular weight is 212 g/mol. The van der Waals surface area contributed by atoms with Crippen LogP contribution in [0, 0.1) is 0 Å². The van der Waals surface area contributed by atoms with Crippen LogP contribution in [0.3, 0.4) is 0 Å². The number of rotatable bonds is 4. The molecule has 76 valence electrons. The standard InChI is InChI=1S/C11H14ClNO/c1-3-6-14-11-5-4-9(8(2)13)7-10(11)12/h3-5,7-8H,1,6,13H2,2H3. The van der Waals surface area contributed by atoms with Crippen molar-refractivity contribution in [1.29, 1.82) is 0 Å². The number of hydrogen-bond acceptors (Lipinski definition) is 2. The number of halogens is 1.